The number of nitrogens with one attached hydrogen (secondary N) is 1. The first-order chi connectivity index (χ1) is 6.24. The van der Waals surface area contributed by atoms with Gasteiger partial charge in [-0.15, -0.1) is 0 Å². The van der Waals surface area contributed by atoms with Gasteiger partial charge in [0.25, 0.3) is 0 Å². The fraction of sp³-hybridized carbons (Fsp3) is 0.286. The molecule has 1 amide bonds. The molecule has 1 rings (SSSR count). The Hall–Kier alpha value is -1.85. The van der Waals surface area contributed by atoms with Crippen LogP contribution >= 0.6 is 0 Å². The van der Waals surface area contributed by atoms with Gasteiger partial charge in [-0.1, -0.05) is 0 Å². The molecule has 1 aliphatic rings. The van der Waals surface area contributed by atoms with Gasteiger partial charge in [-0.3, -0.25) is 4.79 Å². The Morgan fingerprint density at radius 3 is 3.00 bits per heavy atom. The third-order valence-electron chi connectivity index (χ3n) is 1.49. The van der Waals surface area contributed by atoms with Crippen molar-refractivity contribution in [2.24, 2.45) is 4.99 Å². The van der Waals surface area contributed by atoms with Crippen LogP contribution in [0.2, 0.25) is 0 Å². The maximum absolute atomic E-state index is 10.5. The number of carboxylic acid groups (broad SMARTS) is 1. The number of nitrogens with zero attached hydrogens (tertiary/aromatic N) is 2. The van der Waals surface area contributed by atoms with E-state index in [4.69, 9.17) is 5.11 Å². The van der Waals surface area contributed by atoms with Crippen LogP contribution in [-0.2, 0) is 9.59 Å². The number of aliphatic carboxylic acids is 1. The van der Waals surface area contributed by atoms with Crippen LogP contribution in [0.3, 0.4) is 0 Å². The van der Waals surface area contributed by atoms with E-state index < -0.39 is 12.0 Å². The van der Waals surface area contributed by atoms with Gasteiger partial charge in [0.05, 0.1) is 11.9 Å². The second-order valence-electron chi connectivity index (χ2n) is 2.39. The second kappa shape index (κ2) is 4.24. The van der Waals surface area contributed by atoms with Crippen LogP contribution in [0.25, 0.3) is 0 Å². The van der Waals surface area contributed by atoms with Crippen molar-refractivity contribution in [3.63, 3.8) is 0 Å². The van der Waals surface area contributed by atoms with Gasteiger partial charge in [-0.05, 0) is 0 Å². The monoisotopic (exact) mass is 182 g/mol. The minimum atomic E-state index is -1.09. The summed E-state index contributed by atoms with van der Waals surface area (Å²) in [6.07, 6.45) is 3.29. The predicted molar refractivity (Wildman–Crippen MR) is 43.9 cm³/mol. The molecule has 0 saturated carbocycles. The maximum Gasteiger partial charge on any atom is 0.326 e. The van der Waals surface area contributed by atoms with Gasteiger partial charge in [-0.25, -0.2) is 15.1 Å². The molecule has 0 aromatic heterocycles. The fourth-order valence-corrected chi connectivity index (χ4v) is 0.874. The largest absolute Gasteiger partial charge is 0.480 e. The number of carboxylic acids is 1. The van der Waals surface area contributed by atoms with Crippen molar-refractivity contribution in [2.75, 3.05) is 0 Å². The van der Waals surface area contributed by atoms with Crippen LogP contribution < -0.4 is 10.6 Å². The fourth-order valence-electron chi connectivity index (χ4n) is 0.874. The van der Waals surface area contributed by atoms with Crippen molar-refractivity contribution < 1.29 is 14.7 Å². The van der Waals surface area contributed by atoms with Crippen molar-refractivity contribution >= 4 is 18.7 Å². The summed E-state index contributed by atoms with van der Waals surface area (Å²) in [5.41, 5.74) is 0.543. The lowest BCUT2D eigenvalue weighted by Crippen LogP contribution is -2.36. The Labute approximate surface area is 74.3 Å². The number of rotatable bonds is 5. The van der Waals surface area contributed by atoms with Gasteiger partial charge < -0.3 is 10.4 Å². The number of amides is 1. The number of carbonyl (C=O) groups excluding carboxylic acids is 1. The zero-order valence-corrected chi connectivity index (χ0v) is 6.67. The summed E-state index contributed by atoms with van der Waals surface area (Å²) < 4.78 is 0. The summed E-state index contributed by atoms with van der Waals surface area (Å²) in [4.78, 5) is 24.3. The van der Waals surface area contributed by atoms with Gasteiger partial charge in [0.2, 0.25) is 6.41 Å². The topological polar surface area (TPSA) is 92.9 Å². The smallest absolute Gasteiger partial charge is 0.326 e. The Morgan fingerprint density at radius 1 is 1.77 bits per heavy atom. The van der Waals surface area contributed by atoms with E-state index in [0.717, 1.165) is 0 Å². The van der Waals surface area contributed by atoms with E-state index in [1.54, 1.807) is 0 Å². The van der Waals surface area contributed by atoms with Gasteiger partial charge in [-0.2, -0.15) is 0 Å². The zero-order valence-electron chi connectivity index (χ0n) is 6.67. The third kappa shape index (κ3) is 2.58. The second-order valence-corrected chi connectivity index (χ2v) is 2.39. The molecule has 13 heavy (non-hydrogen) atoms. The van der Waals surface area contributed by atoms with Crippen molar-refractivity contribution in [1.29, 1.82) is 0 Å². The lowest BCUT2D eigenvalue weighted by atomic mass is 10.2. The van der Waals surface area contributed by atoms with E-state index in [0.29, 0.717) is 12.1 Å². The van der Waals surface area contributed by atoms with Crippen LogP contribution in [-0.4, -0.2) is 29.9 Å². The molecule has 0 aliphatic carbocycles. The predicted octanol–water partition coefficient (Wildman–Crippen LogP) is -0.937. The summed E-state index contributed by atoms with van der Waals surface area (Å²) in [7, 11) is 0. The van der Waals surface area contributed by atoms with Crippen molar-refractivity contribution in [1.82, 2.24) is 10.6 Å². The van der Waals surface area contributed by atoms with E-state index in [-0.39, 0.29) is 6.42 Å². The molecule has 6 heteroatoms. The summed E-state index contributed by atoms with van der Waals surface area (Å²) in [6, 6.07) is -0.936. The summed E-state index contributed by atoms with van der Waals surface area (Å²) in [6.45, 7) is 0. The molecule has 1 atom stereocenters. The van der Waals surface area contributed by atoms with Crippen LogP contribution in [0.5, 0.6) is 0 Å². The molecule has 2 N–H and O–H groups in total. The Kier molecular flexibility index (Phi) is 3.02. The zero-order chi connectivity index (χ0) is 9.68. The highest BCUT2D eigenvalue weighted by molar-refractivity contribution is 5.77. The van der Waals surface area contributed by atoms with Crippen molar-refractivity contribution in [3.8, 4) is 0 Å². The normalized spacial score (nSPS) is 15.8. The molecule has 1 unspecified atom stereocenters. The molecule has 0 aromatic carbocycles. The summed E-state index contributed by atoms with van der Waals surface area (Å²) in [5, 5.41) is 14.6. The van der Waals surface area contributed by atoms with E-state index in [2.05, 4.69) is 15.6 Å². The number of hydrogen-bond acceptors (Lipinski definition) is 3. The van der Waals surface area contributed by atoms with Crippen LogP contribution in [0.1, 0.15) is 6.42 Å². The highest BCUT2D eigenvalue weighted by Crippen LogP contribution is 2.06. The van der Waals surface area contributed by atoms with E-state index in [1.807, 2.05) is 0 Å². The highest BCUT2D eigenvalue weighted by Gasteiger charge is 2.19. The molecule has 1 heterocycles. The highest BCUT2D eigenvalue weighted by atomic mass is 16.4. The molecule has 0 bridgehead atoms. The molecule has 6 nitrogen and oxygen atoms in total. The summed E-state index contributed by atoms with van der Waals surface area (Å²) >= 11 is 0. The van der Waals surface area contributed by atoms with Crippen molar-refractivity contribution in [3.05, 3.63) is 11.9 Å². The third-order valence-corrected chi connectivity index (χ3v) is 1.49. The minimum absolute atomic E-state index is 0.147. The first kappa shape index (κ1) is 9.24. The molecule has 1 aliphatic heterocycles. The molecular formula is C7H8N3O3. The Bertz CT molecular complexity index is 272. The molecule has 1 radical (unpaired) electrons. The molecule has 0 spiro atoms. The lowest BCUT2D eigenvalue weighted by Gasteiger charge is -2.09. The van der Waals surface area contributed by atoms with E-state index in [9.17, 15) is 9.59 Å². The molecule has 0 fully saturated rings. The summed E-state index contributed by atoms with van der Waals surface area (Å²) in [5.74, 6) is -1.09. The van der Waals surface area contributed by atoms with Gasteiger partial charge in [0.1, 0.15) is 12.4 Å². The van der Waals surface area contributed by atoms with Gasteiger partial charge in [0, 0.05) is 6.42 Å². The van der Waals surface area contributed by atoms with Gasteiger partial charge in [0.15, 0.2) is 0 Å². The minimum Gasteiger partial charge on any atom is -0.480 e. The van der Waals surface area contributed by atoms with Gasteiger partial charge >= 0.3 is 5.97 Å². The van der Waals surface area contributed by atoms with Crippen LogP contribution in [0.4, 0.5) is 0 Å². The van der Waals surface area contributed by atoms with Crippen LogP contribution in [0, 0.1) is 0 Å². The average Bonchev–Trinajstić information content (AvgIpc) is 2.56. The lowest BCUT2D eigenvalue weighted by molar-refractivity contribution is -0.140. The first-order valence-corrected chi connectivity index (χ1v) is 3.58. The number of hydrogen-bond donors (Lipinski definition) is 2. The van der Waals surface area contributed by atoms with Crippen molar-refractivity contribution in [2.45, 2.75) is 12.5 Å². The standard InChI is InChI=1S/C7H8N3O3/c11-4-10-6(7(12)13)1-5-2-8-3-9-5/h2-4,6H,1H2,(H,10,11)(H,12,13). The van der Waals surface area contributed by atoms with Crippen LogP contribution in [0.15, 0.2) is 16.9 Å². The van der Waals surface area contributed by atoms with E-state index >= 15 is 0 Å². The molecule has 0 saturated heterocycles. The molecule has 0 aromatic rings. The Balaban J connectivity index is 2.47. The molecular weight excluding hydrogens is 174 g/mol. The first-order valence-electron chi connectivity index (χ1n) is 3.58. The quantitative estimate of drug-likeness (QED) is 0.537. The average molecular weight is 182 g/mol. The van der Waals surface area contributed by atoms with E-state index in [1.165, 1.54) is 12.5 Å². The number of carbonyl (C=O) groups is 2. The maximum atomic E-state index is 10.5. The SMILES string of the molecule is O=CNC(CC1=CN=C[N]1)C(=O)O. The number of aliphatic imine (C=N–C) groups is 1. The Morgan fingerprint density at radius 2 is 2.54 bits per heavy atom. The molecule has 69 valence electrons.